The van der Waals surface area contributed by atoms with Gasteiger partial charge in [0.25, 0.3) is 5.91 Å². The van der Waals surface area contributed by atoms with E-state index < -0.39 is 0 Å². The average molecular weight is 304 g/mol. The smallest absolute Gasteiger partial charge is 0.258 e. The molecule has 0 atom stereocenters. The molecule has 4 nitrogen and oxygen atoms in total. The van der Waals surface area contributed by atoms with E-state index in [1.807, 2.05) is 25.1 Å². The van der Waals surface area contributed by atoms with Crippen LogP contribution in [0.15, 0.2) is 18.2 Å². The largest absolute Gasteiger partial charge is 0.484 e. The fourth-order valence-electron chi connectivity index (χ4n) is 2.84. The van der Waals surface area contributed by atoms with Crippen LogP contribution in [0.5, 0.6) is 5.75 Å². The zero-order chi connectivity index (χ0) is 15.9. The van der Waals surface area contributed by atoms with Crippen molar-refractivity contribution in [1.82, 2.24) is 10.2 Å². The second kappa shape index (κ2) is 8.18. The van der Waals surface area contributed by atoms with E-state index >= 15 is 0 Å². The Morgan fingerprint density at radius 2 is 2.00 bits per heavy atom. The lowest BCUT2D eigenvalue weighted by Gasteiger charge is -2.32. The summed E-state index contributed by atoms with van der Waals surface area (Å²) in [5.41, 5.74) is 2.41. The maximum Gasteiger partial charge on any atom is 0.258 e. The zero-order valence-corrected chi connectivity index (χ0v) is 14.0. The van der Waals surface area contributed by atoms with Crippen molar-refractivity contribution in [2.45, 2.75) is 46.1 Å². The van der Waals surface area contributed by atoms with Gasteiger partial charge in [0.05, 0.1) is 0 Å². The molecule has 1 heterocycles. The van der Waals surface area contributed by atoms with Crippen LogP contribution in [0.4, 0.5) is 0 Å². The van der Waals surface area contributed by atoms with Gasteiger partial charge in [-0.2, -0.15) is 0 Å². The molecule has 0 aromatic heterocycles. The molecule has 2 rings (SSSR count). The molecule has 0 aliphatic carbocycles. The summed E-state index contributed by atoms with van der Waals surface area (Å²) in [5, 5.41) is 3.09. The summed E-state index contributed by atoms with van der Waals surface area (Å²) in [6.45, 7) is 9.74. The van der Waals surface area contributed by atoms with Crippen LogP contribution >= 0.6 is 0 Å². The van der Waals surface area contributed by atoms with Crippen LogP contribution in [0.1, 0.15) is 37.3 Å². The maximum absolute atomic E-state index is 12.0. The van der Waals surface area contributed by atoms with E-state index in [9.17, 15) is 4.79 Å². The van der Waals surface area contributed by atoms with E-state index in [4.69, 9.17) is 4.74 Å². The molecule has 1 aliphatic heterocycles. The molecular weight excluding hydrogens is 276 g/mol. The van der Waals surface area contributed by atoms with Crippen LogP contribution in [0.2, 0.25) is 0 Å². The number of benzene rings is 1. The van der Waals surface area contributed by atoms with Gasteiger partial charge in [-0.1, -0.05) is 13.0 Å². The number of aryl methyl sites for hydroxylation is 2. The number of hydrogen-bond donors (Lipinski definition) is 1. The number of piperidine rings is 1. The highest BCUT2D eigenvalue weighted by atomic mass is 16.5. The van der Waals surface area contributed by atoms with Crippen molar-refractivity contribution in [2.24, 2.45) is 0 Å². The fraction of sp³-hybridized carbons (Fsp3) is 0.611. The van der Waals surface area contributed by atoms with Gasteiger partial charge in [-0.3, -0.25) is 4.79 Å². The van der Waals surface area contributed by atoms with Crippen LogP contribution in [-0.2, 0) is 4.79 Å². The van der Waals surface area contributed by atoms with Crippen molar-refractivity contribution in [3.8, 4) is 5.75 Å². The normalized spacial score (nSPS) is 16.5. The number of carbonyl (C=O) groups excluding carboxylic acids is 1. The van der Waals surface area contributed by atoms with Gasteiger partial charge < -0.3 is 15.0 Å². The van der Waals surface area contributed by atoms with Crippen molar-refractivity contribution in [1.29, 1.82) is 0 Å². The predicted molar refractivity (Wildman–Crippen MR) is 89.3 cm³/mol. The Morgan fingerprint density at radius 3 is 2.64 bits per heavy atom. The Labute approximate surface area is 133 Å². The van der Waals surface area contributed by atoms with E-state index in [0.717, 1.165) is 38.2 Å². The molecule has 0 spiro atoms. The fourth-order valence-corrected chi connectivity index (χ4v) is 2.84. The topological polar surface area (TPSA) is 41.6 Å². The molecule has 1 saturated heterocycles. The van der Waals surface area contributed by atoms with Gasteiger partial charge >= 0.3 is 0 Å². The molecule has 1 aromatic rings. The van der Waals surface area contributed by atoms with E-state index in [-0.39, 0.29) is 12.5 Å². The molecule has 1 fully saturated rings. The Morgan fingerprint density at radius 1 is 1.27 bits per heavy atom. The van der Waals surface area contributed by atoms with E-state index in [0.29, 0.717) is 6.04 Å². The number of nitrogens with zero attached hydrogens (tertiary/aromatic N) is 1. The van der Waals surface area contributed by atoms with Crippen LogP contribution in [0, 0.1) is 13.8 Å². The average Bonchev–Trinajstić information content (AvgIpc) is 2.51. The van der Waals surface area contributed by atoms with E-state index in [2.05, 4.69) is 24.1 Å². The summed E-state index contributed by atoms with van der Waals surface area (Å²) in [6.07, 6.45) is 3.27. The Hall–Kier alpha value is -1.55. The van der Waals surface area contributed by atoms with Gasteiger partial charge in [0.1, 0.15) is 5.75 Å². The molecule has 4 heteroatoms. The molecule has 122 valence electrons. The van der Waals surface area contributed by atoms with Crippen molar-refractivity contribution in [3.05, 3.63) is 29.3 Å². The highest BCUT2D eigenvalue weighted by molar-refractivity contribution is 5.77. The van der Waals surface area contributed by atoms with Gasteiger partial charge in [0.15, 0.2) is 6.61 Å². The monoisotopic (exact) mass is 304 g/mol. The summed E-state index contributed by atoms with van der Waals surface area (Å²) < 4.78 is 5.58. The Kier molecular flexibility index (Phi) is 6.25. The first kappa shape index (κ1) is 16.8. The Balaban J connectivity index is 1.71. The lowest BCUT2D eigenvalue weighted by atomic mass is 10.0. The standard InChI is InChI=1S/C18H28N2O2/c1-4-9-20-10-7-16(8-11-20)19-18(21)13-22-17-6-5-14(2)15(3)12-17/h5-6,12,16H,4,7-11,13H2,1-3H3,(H,19,21). The minimum absolute atomic E-state index is 0.0211. The molecule has 1 aliphatic rings. The van der Waals surface area contributed by atoms with E-state index in [1.54, 1.807) is 0 Å². The molecular formula is C18H28N2O2. The van der Waals surface area contributed by atoms with Gasteiger partial charge in [0.2, 0.25) is 0 Å². The molecule has 0 unspecified atom stereocenters. The number of rotatable bonds is 6. The first-order valence-electron chi connectivity index (χ1n) is 8.30. The predicted octanol–water partition coefficient (Wildman–Crippen LogP) is 2.67. The third-order valence-electron chi connectivity index (χ3n) is 4.34. The van der Waals surface area contributed by atoms with Gasteiger partial charge in [-0.25, -0.2) is 0 Å². The van der Waals surface area contributed by atoms with Gasteiger partial charge in [0, 0.05) is 19.1 Å². The molecule has 1 aromatic carbocycles. The molecule has 0 saturated carbocycles. The van der Waals surface area contributed by atoms with E-state index in [1.165, 1.54) is 17.5 Å². The number of hydrogen-bond acceptors (Lipinski definition) is 3. The van der Waals surface area contributed by atoms with Crippen molar-refractivity contribution in [2.75, 3.05) is 26.2 Å². The first-order chi connectivity index (χ1) is 10.6. The SMILES string of the molecule is CCCN1CCC(NC(=O)COc2ccc(C)c(C)c2)CC1. The highest BCUT2D eigenvalue weighted by Crippen LogP contribution is 2.16. The molecule has 1 N–H and O–H groups in total. The minimum atomic E-state index is -0.0211. The lowest BCUT2D eigenvalue weighted by molar-refractivity contribution is -0.124. The Bertz CT molecular complexity index is 494. The van der Waals surface area contributed by atoms with Crippen molar-refractivity contribution >= 4 is 5.91 Å². The number of amides is 1. The van der Waals surface area contributed by atoms with Crippen LogP contribution in [0.25, 0.3) is 0 Å². The summed E-state index contributed by atoms with van der Waals surface area (Å²) in [5.74, 6) is 0.739. The quantitative estimate of drug-likeness (QED) is 0.878. The zero-order valence-electron chi connectivity index (χ0n) is 14.0. The summed E-state index contributed by atoms with van der Waals surface area (Å²) in [7, 11) is 0. The van der Waals surface area contributed by atoms with Gasteiger partial charge in [-0.05, 0) is 62.9 Å². The summed E-state index contributed by atoms with van der Waals surface area (Å²) in [4.78, 5) is 14.5. The molecule has 22 heavy (non-hydrogen) atoms. The maximum atomic E-state index is 12.0. The molecule has 1 amide bonds. The second-order valence-electron chi connectivity index (χ2n) is 6.22. The second-order valence-corrected chi connectivity index (χ2v) is 6.22. The van der Waals surface area contributed by atoms with Crippen molar-refractivity contribution < 1.29 is 9.53 Å². The number of nitrogens with one attached hydrogen (secondary N) is 1. The highest BCUT2D eigenvalue weighted by Gasteiger charge is 2.20. The van der Waals surface area contributed by atoms with Crippen molar-refractivity contribution in [3.63, 3.8) is 0 Å². The first-order valence-corrected chi connectivity index (χ1v) is 8.30. The summed E-state index contributed by atoms with van der Waals surface area (Å²) in [6, 6.07) is 6.21. The number of likely N-dealkylation sites (tertiary alicyclic amines) is 1. The van der Waals surface area contributed by atoms with Crippen LogP contribution < -0.4 is 10.1 Å². The van der Waals surface area contributed by atoms with Crippen LogP contribution in [0.3, 0.4) is 0 Å². The third kappa shape index (κ3) is 5.02. The molecule has 0 bridgehead atoms. The third-order valence-corrected chi connectivity index (χ3v) is 4.34. The minimum Gasteiger partial charge on any atom is -0.484 e. The van der Waals surface area contributed by atoms with Crippen LogP contribution in [-0.4, -0.2) is 43.1 Å². The summed E-state index contributed by atoms with van der Waals surface area (Å²) >= 11 is 0. The number of ether oxygens (including phenoxy) is 1. The lowest BCUT2D eigenvalue weighted by Crippen LogP contribution is -2.46. The van der Waals surface area contributed by atoms with Gasteiger partial charge in [-0.15, -0.1) is 0 Å². The number of carbonyl (C=O) groups is 1. The molecule has 0 radical (unpaired) electrons.